The summed E-state index contributed by atoms with van der Waals surface area (Å²) in [5.41, 5.74) is 2.72. The normalized spacial score (nSPS) is 10.8. The zero-order valence-electron chi connectivity index (χ0n) is 12.0. The number of hydrogen-bond acceptors (Lipinski definition) is 4. The highest BCUT2D eigenvalue weighted by Crippen LogP contribution is 2.32. The molecule has 0 atom stereocenters. The SMILES string of the molecule is COc1cc2nc(-c3c[nH]c(C)cc3=O)[nH]c2cc1OC. The van der Waals surface area contributed by atoms with Gasteiger partial charge in [0.15, 0.2) is 16.9 Å². The molecule has 0 aliphatic rings. The van der Waals surface area contributed by atoms with Crippen molar-refractivity contribution >= 4 is 11.0 Å². The van der Waals surface area contributed by atoms with E-state index in [1.807, 2.05) is 6.92 Å². The van der Waals surface area contributed by atoms with E-state index in [9.17, 15) is 4.79 Å². The molecule has 0 amide bonds. The molecular formula is C15H15N3O3. The number of rotatable bonds is 3. The summed E-state index contributed by atoms with van der Waals surface area (Å²) in [4.78, 5) is 22.6. The molecule has 0 fully saturated rings. The molecule has 1 aromatic carbocycles. The third-order valence-corrected chi connectivity index (χ3v) is 3.30. The lowest BCUT2D eigenvalue weighted by Gasteiger charge is -2.06. The topological polar surface area (TPSA) is 80.0 Å². The van der Waals surface area contributed by atoms with E-state index >= 15 is 0 Å². The summed E-state index contributed by atoms with van der Waals surface area (Å²) in [6.07, 6.45) is 1.66. The van der Waals surface area contributed by atoms with Gasteiger partial charge in [-0.15, -0.1) is 0 Å². The molecule has 0 aliphatic heterocycles. The van der Waals surface area contributed by atoms with Crippen molar-refractivity contribution in [3.8, 4) is 22.9 Å². The first-order valence-corrected chi connectivity index (χ1v) is 6.44. The van der Waals surface area contributed by atoms with Gasteiger partial charge in [0.25, 0.3) is 0 Å². The Morgan fingerprint density at radius 3 is 2.48 bits per heavy atom. The van der Waals surface area contributed by atoms with Crippen molar-refractivity contribution in [1.29, 1.82) is 0 Å². The number of nitrogens with one attached hydrogen (secondary N) is 2. The molecule has 0 unspecified atom stereocenters. The molecular weight excluding hydrogens is 270 g/mol. The van der Waals surface area contributed by atoms with Gasteiger partial charge in [-0.05, 0) is 6.92 Å². The van der Waals surface area contributed by atoms with Crippen LogP contribution < -0.4 is 14.9 Å². The van der Waals surface area contributed by atoms with E-state index < -0.39 is 0 Å². The number of aryl methyl sites for hydroxylation is 1. The average molecular weight is 285 g/mol. The molecule has 0 spiro atoms. The van der Waals surface area contributed by atoms with Gasteiger partial charge in [-0.25, -0.2) is 4.98 Å². The van der Waals surface area contributed by atoms with Crippen molar-refractivity contribution < 1.29 is 9.47 Å². The molecule has 3 rings (SSSR count). The molecule has 0 saturated carbocycles. The minimum Gasteiger partial charge on any atom is -0.493 e. The van der Waals surface area contributed by atoms with Gasteiger partial charge in [-0.1, -0.05) is 0 Å². The molecule has 2 heterocycles. The van der Waals surface area contributed by atoms with Crippen LogP contribution >= 0.6 is 0 Å². The average Bonchev–Trinajstić information content (AvgIpc) is 2.87. The van der Waals surface area contributed by atoms with Crippen LogP contribution in [0.5, 0.6) is 11.5 Å². The van der Waals surface area contributed by atoms with E-state index in [0.29, 0.717) is 28.4 Å². The van der Waals surface area contributed by atoms with Crippen molar-refractivity contribution in [3.05, 3.63) is 40.3 Å². The Balaban J connectivity index is 2.19. The van der Waals surface area contributed by atoms with Gasteiger partial charge >= 0.3 is 0 Å². The number of H-pyrrole nitrogens is 2. The number of ether oxygens (including phenoxy) is 2. The Morgan fingerprint density at radius 1 is 1.10 bits per heavy atom. The van der Waals surface area contributed by atoms with Crippen LogP contribution in [0.3, 0.4) is 0 Å². The molecule has 6 nitrogen and oxygen atoms in total. The largest absolute Gasteiger partial charge is 0.493 e. The zero-order valence-corrected chi connectivity index (χ0v) is 12.0. The maximum atomic E-state index is 12.0. The number of benzene rings is 1. The predicted molar refractivity (Wildman–Crippen MR) is 80.0 cm³/mol. The quantitative estimate of drug-likeness (QED) is 0.773. The van der Waals surface area contributed by atoms with E-state index in [1.54, 1.807) is 38.6 Å². The van der Waals surface area contributed by atoms with E-state index in [-0.39, 0.29) is 5.43 Å². The third kappa shape index (κ3) is 2.24. The Morgan fingerprint density at radius 2 is 1.81 bits per heavy atom. The summed E-state index contributed by atoms with van der Waals surface area (Å²) in [6, 6.07) is 5.12. The second-order valence-electron chi connectivity index (χ2n) is 4.70. The van der Waals surface area contributed by atoms with Crippen LogP contribution in [-0.2, 0) is 0 Å². The number of fused-ring (bicyclic) bond motifs is 1. The summed E-state index contributed by atoms with van der Waals surface area (Å²) >= 11 is 0. The Hall–Kier alpha value is -2.76. The number of imidazole rings is 1. The Bertz CT molecular complexity index is 823. The van der Waals surface area contributed by atoms with Crippen molar-refractivity contribution in [3.63, 3.8) is 0 Å². The highest BCUT2D eigenvalue weighted by Gasteiger charge is 2.12. The van der Waals surface area contributed by atoms with Gasteiger partial charge in [-0.2, -0.15) is 0 Å². The van der Waals surface area contributed by atoms with Gasteiger partial charge in [0.2, 0.25) is 0 Å². The molecule has 0 aliphatic carbocycles. The van der Waals surface area contributed by atoms with E-state index in [4.69, 9.17) is 9.47 Å². The van der Waals surface area contributed by atoms with Gasteiger partial charge in [0.05, 0.1) is 30.8 Å². The predicted octanol–water partition coefficient (Wildman–Crippen LogP) is 2.24. The molecule has 0 radical (unpaired) electrons. The van der Waals surface area contributed by atoms with Crippen LogP contribution in [0.15, 0.2) is 29.2 Å². The highest BCUT2D eigenvalue weighted by atomic mass is 16.5. The number of aromatic nitrogens is 3. The van der Waals surface area contributed by atoms with Crippen LogP contribution in [0.1, 0.15) is 5.69 Å². The number of methoxy groups -OCH3 is 2. The minimum atomic E-state index is -0.0794. The van der Waals surface area contributed by atoms with Crippen LogP contribution in [0.25, 0.3) is 22.4 Å². The summed E-state index contributed by atoms with van der Waals surface area (Å²) in [6.45, 7) is 1.83. The van der Waals surface area contributed by atoms with Crippen LogP contribution in [0.2, 0.25) is 0 Å². The summed E-state index contributed by atoms with van der Waals surface area (Å²) in [7, 11) is 3.15. The highest BCUT2D eigenvalue weighted by molar-refractivity contribution is 5.82. The molecule has 0 saturated heterocycles. The Kier molecular flexibility index (Phi) is 3.13. The third-order valence-electron chi connectivity index (χ3n) is 3.30. The molecule has 2 aromatic heterocycles. The maximum absolute atomic E-state index is 12.0. The summed E-state index contributed by atoms with van der Waals surface area (Å²) in [5, 5.41) is 0. The Labute approximate surface area is 120 Å². The second-order valence-corrected chi connectivity index (χ2v) is 4.70. The molecule has 0 bridgehead atoms. The summed E-state index contributed by atoms with van der Waals surface area (Å²) in [5.74, 6) is 1.72. The molecule has 2 N–H and O–H groups in total. The molecule has 21 heavy (non-hydrogen) atoms. The number of aromatic amines is 2. The first kappa shape index (κ1) is 13.2. The van der Waals surface area contributed by atoms with Gasteiger partial charge in [-0.3, -0.25) is 4.79 Å². The minimum absolute atomic E-state index is 0.0794. The first-order valence-electron chi connectivity index (χ1n) is 6.44. The van der Waals surface area contributed by atoms with Gasteiger partial charge in [0.1, 0.15) is 5.82 Å². The number of pyridine rings is 1. The lowest BCUT2D eigenvalue weighted by atomic mass is 10.2. The fourth-order valence-corrected chi connectivity index (χ4v) is 2.22. The second kappa shape index (κ2) is 4.97. The monoisotopic (exact) mass is 285 g/mol. The van der Waals surface area contributed by atoms with Gasteiger partial charge < -0.3 is 19.4 Å². The summed E-state index contributed by atoms with van der Waals surface area (Å²) < 4.78 is 10.5. The van der Waals surface area contributed by atoms with Gasteiger partial charge in [0, 0.05) is 30.1 Å². The maximum Gasteiger partial charge on any atom is 0.192 e. The van der Waals surface area contributed by atoms with E-state index in [2.05, 4.69) is 15.0 Å². The first-order chi connectivity index (χ1) is 10.1. The smallest absolute Gasteiger partial charge is 0.192 e. The number of hydrogen-bond donors (Lipinski definition) is 2. The van der Waals surface area contributed by atoms with Crippen LogP contribution in [-0.4, -0.2) is 29.2 Å². The van der Waals surface area contributed by atoms with Crippen molar-refractivity contribution in [1.82, 2.24) is 15.0 Å². The van der Waals surface area contributed by atoms with Crippen molar-refractivity contribution in [2.24, 2.45) is 0 Å². The fourth-order valence-electron chi connectivity index (χ4n) is 2.22. The standard InChI is InChI=1S/C15H15N3O3/c1-8-4-12(19)9(7-16-8)15-17-10-5-13(20-2)14(21-3)6-11(10)18-15/h4-7H,1-3H3,(H,16,19)(H,17,18). The lowest BCUT2D eigenvalue weighted by Crippen LogP contribution is -2.05. The van der Waals surface area contributed by atoms with E-state index in [0.717, 1.165) is 11.2 Å². The van der Waals surface area contributed by atoms with Crippen LogP contribution in [0, 0.1) is 6.92 Å². The van der Waals surface area contributed by atoms with E-state index in [1.165, 1.54) is 0 Å². The lowest BCUT2D eigenvalue weighted by molar-refractivity contribution is 0.356. The molecule has 108 valence electrons. The zero-order chi connectivity index (χ0) is 15.0. The fraction of sp³-hybridized carbons (Fsp3) is 0.200. The number of nitrogens with zero attached hydrogens (tertiary/aromatic N) is 1. The van der Waals surface area contributed by atoms with Crippen molar-refractivity contribution in [2.75, 3.05) is 14.2 Å². The van der Waals surface area contributed by atoms with Crippen LogP contribution in [0.4, 0.5) is 0 Å². The molecule has 6 heteroatoms. The van der Waals surface area contributed by atoms with Crippen molar-refractivity contribution in [2.45, 2.75) is 6.92 Å². The molecule has 3 aromatic rings.